The zero-order valence-corrected chi connectivity index (χ0v) is 13.2. The normalized spacial score (nSPS) is 18.4. The number of carbonyl (C=O) groups is 1. The molecule has 106 valence electrons. The van der Waals surface area contributed by atoms with E-state index in [1.54, 1.807) is 24.9 Å². The van der Waals surface area contributed by atoms with Crippen LogP contribution >= 0.6 is 15.9 Å². The molecule has 2 heterocycles. The Bertz CT molecular complexity index is 451. The van der Waals surface area contributed by atoms with Gasteiger partial charge in [-0.05, 0) is 18.8 Å². The maximum atomic E-state index is 12.3. The Morgan fingerprint density at radius 2 is 2.16 bits per heavy atom. The minimum absolute atomic E-state index is 0.000393. The Morgan fingerprint density at radius 3 is 2.63 bits per heavy atom. The zero-order valence-electron chi connectivity index (χ0n) is 11.6. The summed E-state index contributed by atoms with van der Waals surface area (Å²) >= 11 is 3.62. The number of hydrogen-bond donors (Lipinski definition) is 0. The monoisotopic (exact) mass is 329 g/mol. The van der Waals surface area contributed by atoms with E-state index in [2.05, 4.69) is 28.0 Å². The number of aromatic nitrogens is 2. The molecule has 1 fully saturated rings. The fraction of sp³-hybridized carbons (Fsp3) is 0.692. The van der Waals surface area contributed by atoms with E-state index < -0.39 is 0 Å². The summed E-state index contributed by atoms with van der Waals surface area (Å²) in [7, 11) is 3.35. The molecule has 1 unspecified atom stereocenters. The molecule has 2 rings (SSSR count). The van der Waals surface area contributed by atoms with Crippen molar-refractivity contribution >= 4 is 21.8 Å². The van der Waals surface area contributed by atoms with Crippen molar-refractivity contribution in [3.05, 3.63) is 11.8 Å². The lowest BCUT2D eigenvalue weighted by atomic mass is 9.94. The van der Waals surface area contributed by atoms with Gasteiger partial charge in [0.25, 0.3) is 5.91 Å². The number of methoxy groups -OCH3 is 1. The van der Waals surface area contributed by atoms with Crippen LogP contribution in [0.4, 0.5) is 0 Å². The van der Waals surface area contributed by atoms with Crippen molar-refractivity contribution in [3.8, 4) is 5.88 Å². The highest BCUT2D eigenvalue weighted by molar-refractivity contribution is 9.09. The first-order valence-corrected chi connectivity index (χ1v) is 7.46. The van der Waals surface area contributed by atoms with Crippen LogP contribution in [-0.4, -0.2) is 45.6 Å². The van der Waals surface area contributed by atoms with Crippen LogP contribution in [0.15, 0.2) is 6.07 Å². The number of rotatable bonds is 3. The molecule has 19 heavy (non-hydrogen) atoms. The molecule has 1 atom stereocenters. The zero-order chi connectivity index (χ0) is 14.0. The number of carbonyl (C=O) groups excluding carboxylic acids is 1. The van der Waals surface area contributed by atoms with Crippen molar-refractivity contribution in [2.24, 2.45) is 13.0 Å². The number of ether oxygens (including phenoxy) is 1. The standard InChI is InChI=1S/C13H20BrN3O2/c1-9(14)10-4-6-17(7-5-10)13(18)11-8-12(19-3)16(2)15-11/h8-10H,4-7H2,1-3H3. The van der Waals surface area contributed by atoms with Crippen LogP contribution in [0.1, 0.15) is 30.3 Å². The molecule has 1 aliphatic heterocycles. The van der Waals surface area contributed by atoms with Gasteiger partial charge in [0, 0.05) is 31.0 Å². The van der Waals surface area contributed by atoms with Crippen molar-refractivity contribution in [1.29, 1.82) is 0 Å². The van der Waals surface area contributed by atoms with E-state index in [1.165, 1.54) is 0 Å². The number of halogens is 1. The molecule has 0 aromatic carbocycles. The first kappa shape index (κ1) is 14.4. The Hall–Kier alpha value is -1.04. The predicted octanol–water partition coefficient (Wildman–Crippen LogP) is 2.06. The SMILES string of the molecule is COc1cc(C(=O)N2CCC(C(C)Br)CC2)nn1C. The molecule has 0 N–H and O–H groups in total. The number of hydrogen-bond acceptors (Lipinski definition) is 3. The van der Waals surface area contributed by atoms with Crippen LogP contribution < -0.4 is 4.74 Å². The molecular formula is C13H20BrN3O2. The summed E-state index contributed by atoms with van der Waals surface area (Å²) in [5, 5.41) is 4.20. The van der Waals surface area contributed by atoms with Gasteiger partial charge in [0.1, 0.15) is 0 Å². The fourth-order valence-electron chi connectivity index (χ4n) is 2.47. The van der Waals surface area contributed by atoms with Gasteiger partial charge < -0.3 is 9.64 Å². The van der Waals surface area contributed by atoms with E-state index in [1.807, 2.05) is 4.90 Å². The smallest absolute Gasteiger partial charge is 0.274 e. The Labute approximate surface area is 122 Å². The number of nitrogens with zero attached hydrogens (tertiary/aromatic N) is 3. The molecule has 0 spiro atoms. The summed E-state index contributed by atoms with van der Waals surface area (Å²) in [5.41, 5.74) is 0.463. The van der Waals surface area contributed by atoms with Gasteiger partial charge in [-0.25, -0.2) is 4.68 Å². The van der Waals surface area contributed by atoms with Gasteiger partial charge in [0.15, 0.2) is 5.69 Å². The summed E-state index contributed by atoms with van der Waals surface area (Å²) < 4.78 is 6.72. The van der Waals surface area contributed by atoms with Gasteiger partial charge in [-0.3, -0.25) is 4.79 Å². The van der Waals surface area contributed by atoms with Gasteiger partial charge in [0.05, 0.1) is 7.11 Å². The number of alkyl halides is 1. The summed E-state index contributed by atoms with van der Waals surface area (Å²) in [6.45, 7) is 3.78. The van der Waals surface area contributed by atoms with Crippen molar-refractivity contribution in [3.63, 3.8) is 0 Å². The molecule has 1 amide bonds. The molecule has 0 radical (unpaired) electrons. The molecule has 0 bridgehead atoms. The van der Waals surface area contributed by atoms with E-state index in [0.717, 1.165) is 25.9 Å². The van der Waals surface area contributed by atoms with Crippen molar-refractivity contribution in [2.45, 2.75) is 24.6 Å². The highest BCUT2D eigenvalue weighted by Gasteiger charge is 2.27. The molecule has 1 aromatic heterocycles. The van der Waals surface area contributed by atoms with Crippen LogP contribution in [-0.2, 0) is 7.05 Å². The number of likely N-dealkylation sites (tertiary alicyclic amines) is 1. The van der Waals surface area contributed by atoms with Crippen molar-refractivity contribution in [2.75, 3.05) is 20.2 Å². The Kier molecular flexibility index (Phi) is 4.50. The maximum absolute atomic E-state index is 12.3. The first-order valence-electron chi connectivity index (χ1n) is 6.54. The average Bonchev–Trinajstić information content (AvgIpc) is 2.79. The lowest BCUT2D eigenvalue weighted by Gasteiger charge is -2.32. The third kappa shape index (κ3) is 3.11. The van der Waals surface area contributed by atoms with Gasteiger partial charge >= 0.3 is 0 Å². The van der Waals surface area contributed by atoms with Gasteiger partial charge in [0.2, 0.25) is 5.88 Å². The molecule has 1 saturated heterocycles. The second-order valence-electron chi connectivity index (χ2n) is 5.00. The maximum Gasteiger partial charge on any atom is 0.274 e. The molecule has 1 aromatic rings. The minimum atomic E-state index is -0.000393. The highest BCUT2D eigenvalue weighted by atomic mass is 79.9. The molecular weight excluding hydrogens is 310 g/mol. The second-order valence-corrected chi connectivity index (χ2v) is 6.45. The van der Waals surface area contributed by atoms with Crippen molar-refractivity contribution < 1.29 is 9.53 Å². The average molecular weight is 330 g/mol. The Morgan fingerprint density at radius 1 is 1.53 bits per heavy atom. The summed E-state index contributed by atoms with van der Waals surface area (Å²) in [4.78, 5) is 14.7. The van der Waals surface area contributed by atoms with E-state index in [4.69, 9.17) is 4.74 Å². The van der Waals surface area contributed by atoms with E-state index >= 15 is 0 Å². The molecule has 1 aliphatic rings. The summed E-state index contributed by atoms with van der Waals surface area (Å²) in [6.07, 6.45) is 2.09. The number of amides is 1. The molecule has 0 aliphatic carbocycles. The molecule has 6 heteroatoms. The van der Waals surface area contributed by atoms with Gasteiger partial charge in [-0.15, -0.1) is 0 Å². The largest absolute Gasteiger partial charge is 0.481 e. The van der Waals surface area contributed by atoms with Gasteiger partial charge in [-0.2, -0.15) is 5.10 Å². The van der Waals surface area contributed by atoms with Crippen molar-refractivity contribution in [1.82, 2.24) is 14.7 Å². The summed E-state index contributed by atoms with van der Waals surface area (Å²) in [5.74, 6) is 1.26. The van der Waals surface area contributed by atoms with Crippen LogP contribution in [0.25, 0.3) is 0 Å². The topological polar surface area (TPSA) is 47.4 Å². The van der Waals surface area contributed by atoms with E-state index in [9.17, 15) is 4.79 Å². The van der Waals surface area contributed by atoms with Gasteiger partial charge in [-0.1, -0.05) is 22.9 Å². The number of aryl methyl sites for hydroxylation is 1. The Balaban J connectivity index is 2.01. The second kappa shape index (κ2) is 5.94. The minimum Gasteiger partial charge on any atom is -0.481 e. The van der Waals surface area contributed by atoms with Crippen LogP contribution in [0, 0.1) is 5.92 Å². The third-order valence-electron chi connectivity index (χ3n) is 3.74. The summed E-state index contributed by atoms with van der Waals surface area (Å²) in [6, 6.07) is 1.70. The lowest BCUT2D eigenvalue weighted by Crippen LogP contribution is -2.40. The number of piperidine rings is 1. The van der Waals surface area contributed by atoms with E-state index in [-0.39, 0.29) is 5.91 Å². The predicted molar refractivity (Wildman–Crippen MR) is 76.8 cm³/mol. The third-order valence-corrected chi connectivity index (χ3v) is 4.49. The molecule has 5 nitrogen and oxygen atoms in total. The first-order chi connectivity index (χ1) is 9.02. The van der Waals surface area contributed by atoms with Crippen LogP contribution in [0.2, 0.25) is 0 Å². The molecule has 0 saturated carbocycles. The van der Waals surface area contributed by atoms with E-state index in [0.29, 0.717) is 22.3 Å². The van der Waals surface area contributed by atoms with Crippen LogP contribution in [0.5, 0.6) is 5.88 Å². The quantitative estimate of drug-likeness (QED) is 0.797. The highest BCUT2D eigenvalue weighted by Crippen LogP contribution is 2.26. The van der Waals surface area contributed by atoms with Crippen LogP contribution in [0.3, 0.4) is 0 Å². The fourth-order valence-corrected chi connectivity index (χ4v) is 3.00. The lowest BCUT2D eigenvalue weighted by molar-refractivity contribution is 0.0684.